The van der Waals surface area contributed by atoms with E-state index in [0.717, 1.165) is 45.1 Å². The largest absolute Gasteiger partial charge is 0.480 e. The number of aryl methyl sites for hydroxylation is 1. The summed E-state index contributed by atoms with van der Waals surface area (Å²) in [6.07, 6.45) is 11.5. The minimum absolute atomic E-state index is 0.305. The molecular weight excluding hydrogens is 494 g/mol. The lowest BCUT2D eigenvalue weighted by Gasteiger charge is -2.13. The monoisotopic (exact) mass is 532 g/mol. The number of benzene rings is 2. The quantitative estimate of drug-likeness (QED) is 0.191. The molecule has 1 aliphatic rings. The fourth-order valence-electron chi connectivity index (χ4n) is 4.90. The fraction of sp³-hybridized carbons (Fsp3) is 0.387. The standard InChI is InChI=1S/C31H37N3O3S/c1-33-28-17-9-10-18-29(28)38-30(33)22-23-19-21-34(27-16-8-7-14-25(23)27)20-11-3-5-13-24(35)12-4-2-6-15-26(32)31(36)37/h7-10,14,16-19,21-22,26H,2-6,11-13,15,20,32H2,1H3/p+1. The lowest BCUT2D eigenvalue weighted by molar-refractivity contribution is -0.671. The van der Waals surface area contributed by atoms with Crippen molar-refractivity contribution < 1.29 is 19.3 Å². The molecule has 0 fully saturated rings. The molecule has 1 aromatic heterocycles. The van der Waals surface area contributed by atoms with Crippen LogP contribution in [-0.4, -0.2) is 29.9 Å². The number of nitrogens with zero attached hydrogens (tertiary/aromatic N) is 2. The Morgan fingerprint density at radius 3 is 2.45 bits per heavy atom. The summed E-state index contributed by atoms with van der Waals surface area (Å²) >= 11 is 1.81. The number of anilines is 1. The fourth-order valence-corrected chi connectivity index (χ4v) is 6.00. The van der Waals surface area contributed by atoms with Gasteiger partial charge in [0.1, 0.15) is 18.4 Å². The van der Waals surface area contributed by atoms with Gasteiger partial charge in [-0.25, -0.2) is 0 Å². The van der Waals surface area contributed by atoms with Crippen LogP contribution in [0.4, 0.5) is 5.69 Å². The third-order valence-corrected chi connectivity index (χ3v) is 8.32. The summed E-state index contributed by atoms with van der Waals surface area (Å²) in [7, 11) is 2.12. The second-order valence-corrected chi connectivity index (χ2v) is 11.0. The number of hydrogen-bond donors (Lipinski definition) is 2. The lowest BCUT2D eigenvalue weighted by atomic mass is 10.0. The van der Waals surface area contributed by atoms with Crippen LogP contribution in [0.5, 0.6) is 0 Å². The maximum absolute atomic E-state index is 12.2. The van der Waals surface area contributed by atoms with Crippen LogP contribution in [-0.2, 0) is 16.1 Å². The van der Waals surface area contributed by atoms with Gasteiger partial charge in [0.05, 0.1) is 16.1 Å². The number of fused-ring (bicyclic) bond motifs is 2. The number of pyridine rings is 1. The van der Waals surface area contributed by atoms with Gasteiger partial charge in [-0.1, -0.05) is 48.9 Å². The van der Waals surface area contributed by atoms with Gasteiger partial charge in [0.2, 0.25) is 5.52 Å². The molecule has 4 rings (SSSR count). The van der Waals surface area contributed by atoms with Crippen LogP contribution in [0.1, 0.15) is 63.4 Å². The van der Waals surface area contributed by atoms with Crippen LogP contribution in [0, 0.1) is 0 Å². The van der Waals surface area contributed by atoms with E-state index < -0.39 is 12.0 Å². The first-order valence-electron chi connectivity index (χ1n) is 13.6. The molecule has 0 amide bonds. The van der Waals surface area contributed by atoms with Crippen molar-refractivity contribution in [1.82, 2.24) is 0 Å². The summed E-state index contributed by atoms with van der Waals surface area (Å²) in [4.78, 5) is 26.5. The first-order valence-corrected chi connectivity index (χ1v) is 14.4. The first-order chi connectivity index (χ1) is 18.4. The van der Waals surface area contributed by atoms with Gasteiger partial charge in [-0.15, -0.1) is 0 Å². The lowest BCUT2D eigenvalue weighted by Crippen LogP contribution is -2.34. The molecule has 0 saturated heterocycles. The van der Waals surface area contributed by atoms with Gasteiger partial charge in [0, 0.05) is 43.3 Å². The number of Topliss-reactive ketones (excluding diaryl/α,β-unsaturated/α-hetero) is 1. The van der Waals surface area contributed by atoms with Gasteiger partial charge >= 0.3 is 5.97 Å². The highest BCUT2D eigenvalue weighted by molar-refractivity contribution is 8.03. The maximum atomic E-state index is 12.2. The molecule has 0 spiro atoms. The average molecular weight is 533 g/mol. The second kappa shape index (κ2) is 13.6. The van der Waals surface area contributed by atoms with Gasteiger partial charge in [0.15, 0.2) is 6.20 Å². The topological polar surface area (TPSA) is 87.5 Å². The molecule has 3 N–H and O–H groups in total. The third-order valence-electron chi connectivity index (χ3n) is 7.15. The Morgan fingerprint density at radius 1 is 0.974 bits per heavy atom. The van der Waals surface area contributed by atoms with E-state index in [4.69, 9.17) is 10.8 Å². The van der Waals surface area contributed by atoms with Crippen molar-refractivity contribution in [2.24, 2.45) is 5.73 Å². The number of thioether (sulfide) groups is 1. The number of rotatable bonds is 14. The Bertz CT molecular complexity index is 1310. The van der Waals surface area contributed by atoms with Crippen LogP contribution >= 0.6 is 11.8 Å². The Kier molecular flexibility index (Phi) is 9.96. The maximum Gasteiger partial charge on any atom is 0.320 e. The molecule has 1 aliphatic heterocycles. The van der Waals surface area contributed by atoms with E-state index in [1.54, 1.807) is 0 Å². The molecule has 7 heteroatoms. The molecule has 0 saturated carbocycles. The summed E-state index contributed by atoms with van der Waals surface area (Å²) in [5, 5.41) is 11.3. The molecule has 1 atom stereocenters. The zero-order valence-corrected chi connectivity index (χ0v) is 23.0. The van der Waals surface area contributed by atoms with E-state index in [2.05, 4.69) is 83.4 Å². The normalized spacial score (nSPS) is 14.7. The van der Waals surface area contributed by atoms with E-state index in [-0.39, 0.29) is 0 Å². The van der Waals surface area contributed by atoms with Crippen LogP contribution in [0.2, 0.25) is 0 Å². The second-order valence-electron chi connectivity index (χ2n) is 9.99. The van der Waals surface area contributed by atoms with Crippen LogP contribution in [0.15, 0.2) is 70.7 Å². The molecule has 200 valence electrons. The number of carboxylic acid groups (broad SMARTS) is 1. The Balaban J connectivity index is 1.25. The predicted octanol–water partition coefficient (Wildman–Crippen LogP) is 6.16. The minimum Gasteiger partial charge on any atom is -0.480 e. The molecule has 0 aliphatic carbocycles. The van der Waals surface area contributed by atoms with Crippen molar-refractivity contribution in [1.29, 1.82) is 0 Å². The Labute approximate surface area is 229 Å². The molecule has 2 aromatic carbocycles. The highest BCUT2D eigenvalue weighted by Crippen LogP contribution is 2.45. The van der Waals surface area contributed by atoms with Crippen molar-refractivity contribution in [3.63, 3.8) is 0 Å². The number of nitrogens with two attached hydrogens (primary N) is 1. The molecule has 3 aromatic rings. The highest BCUT2D eigenvalue weighted by Gasteiger charge is 2.22. The molecule has 0 bridgehead atoms. The minimum atomic E-state index is -0.956. The molecule has 0 radical (unpaired) electrons. The van der Waals surface area contributed by atoms with E-state index in [1.807, 2.05) is 11.8 Å². The summed E-state index contributed by atoms with van der Waals surface area (Å²) < 4.78 is 2.32. The number of carboxylic acids is 1. The molecule has 1 unspecified atom stereocenters. The average Bonchev–Trinajstić information content (AvgIpc) is 3.24. The third kappa shape index (κ3) is 7.23. The number of para-hydroxylation sites is 2. The number of aromatic nitrogens is 1. The summed E-state index contributed by atoms with van der Waals surface area (Å²) in [6, 6.07) is 18.5. The SMILES string of the molecule is CN1C(=Cc2cc[n+](CCCCCC(=O)CCCCCC(N)C(=O)O)c3ccccc23)Sc2ccccc21. The van der Waals surface area contributed by atoms with E-state index in [0.29, 0.717) is 25.0 Å². The number of aliphatic carboxylic acids is 1. The molecule has 6 nitrogen and oxygen atoms in total. The Morgan fingerprint density at radius 2 is 1.68 bits per heavy atom. The van der Waals surface area contributed by atoms with Crippen molar-refractivity contribution >= 4 is 46.2 Å². The van der Waals surface area contributed by atoms with Gasteiger partial charge in [-0.3, -0.25) is 9.59 Å². The van der Waals surface area contributed by atoms with Gasteiger partial charge in [-0.05, 0) is 55.5 Å². The van der Waals surface area contributed by atoms with Crippen LogP contribution in [0.25, 0.3) is 17.0 Å². The van der Waals surface area contributed by atoms with E-state index in [1.165, 1.54) is 32.1 Å². The van der Waals surface area contributed by atoms with Gasteiger partial charge in [-0.2, -0.15) is 4.57 Å². The molecule has 38 heavy (non-hydrogen) atoms. The van der Waals surface area contributed by atoms with Crippen LogP contribution in [0.3, 0.4) is 0 Å². The number of ketones is 1. The number of hydrogen-bond acceptors (Lipinski definition) is 5. The molecule has 2 heterocycles. The van der Waals surface area contributed by atoms with Crippen molar-refractivity contribution in [3.05, 3.63) is 71.4 Å². The predicted molar refractivity (Wildman–Crippen MR) is 155 cm³/mol. The number of unbranched alkanes of at least 4 members (excludes halogenated alkanes) is 4. The van der Waals surface area contributed by atoms with Gasteiger partial charge in [0.25, 0.3) is 0 Å². The van der Waals surface area contributed by atoms with E-state index in [9.17, 15) is 9.59 Å². The zero-order chi connectivity index (χ0) is 26.9. The number of carbonyl (C=O) groups excluding carboxylic acids is 1. The first kappa shape index (κ1) is 27.9. The smallest absolute Gasteiger partial charge is 0.320 e. The van der Waals surface area contributed by atoms with E-state index >= 15 is 0 Å². The zero-order valence-electron chi connectivity index (χ0n) is 22.1. The molecular formula is C31H38N3O3S+. The summed E-state index contributed by atoms with van der Waals surface area (Å²) in [6.45, 7) is 0.926. The van der Waals surface area contributed by atoms with Crippen molar-refractivity contribution in [2.75, 3.05) is 11.9 Å². The van der Waals surface area contributed by atoms with Gasteiger partial charge < -0.3 is 15.7 Å². The van der Waals surface area contributed by atoms with Crippen LogP contribution < -0.4 is 15.2 Å². The Hall–Kier alpha value is -3.16. The summed E-state index contributed by atoms with van der Waals surface area (Å²) in [5.41, 5.74) is 9.20. The van der Waals surface area contributed by atoms with Crippen molar-refractivity contribution in [3.8, 4) is 0 Å². The number of carbonyl (C=O) groups is 2. The van der Waals surface area contributed by atoms with Crippen molar-refractivity contribution in [2.45, 2.75) is 75.3 Å². The highest BCUT2D eigenvalue weighted by atomic mass is 32.2. The summed E-state index contributed by atoms with van der Waals surface area (Å²) in [5.74, 6) is -0.650.